The second-order valence-electron chi connectivity index (χ2n) is 7.41. The van der Waals surface area contributed by atoms with Gasteiger partial charge in [0.05, 0.1) is 6.42 Å². The number of nitrogens with zero attached hydrogens (tertiary/aromatic N) is 5. The molecule has 150 valence electrons. The number of carbonyl (C=O) groups excluding carboxylic acids is 1. The first-order valence-electron chi connectivity index (χ1n) is 10.1. The molecule has 5 rings (SSSR count). The number of carbonyl (C=O) groups is 1. The molecular weight excluding hydrogens is 376 g/mol. The Morgan fingerprint density at radius 1 is 0.967 bits per heavy atom. The predicted molar refractivity (Wildman–Crippen MR) is 116 cm³/mol. The molecule has 4 aromatic rings. The molecule has 0 aliphatic carbocycles. The fourth-order valence-electron chi connectivity index (χ4n) is 3.90. The molecule has 1 saturated heterocycles. The zero-order valence-corrected chi connectivity index (χ0v) is 16.5. The Morgan fingerprint density at radius 3 is 2.63 bits per heavy atom. The molecule has 4 aromatic heterocycles. The largest absolute Gasteiger partial charge is 0.353 e. The summed E-state index contributed by atoms with van der Waals surface area (Å²) in [6, 6.07) is 11.9. The smallest absolute Gasteiger partial charge is 0.227 e. The summed E-state index contributed by atoms with van der Waals surface area (Å²) in [6.07, 6.45) is 9.47. The normalized spacial score (nSPS) is 14.3. The highest BCUT2D eigenvalue weighted by atomic mass is 16.2. The number of aromatic nitrogens is 4. The average Bonchev–Trinajstić information content (AvgIpc) is 3.22. The maximum atomic E-state index is 13.0. The van der Waals surface area contributed by atoms with Crippen LogP contribution in [-0.2, 0) is 11.2 Å². The van der Waals surface area contributed by atoms with Crippen molar-refractivity contribution in [3.05, 3.63) is 72.9 Å². The van der Waals surface area contributed by atoms with Gasteiger partial charge in [0, 0.05) is 73.7 Å². The number of piperazine rings is 1. The number of amides is 1. The molecular formula is C23H22N6O. The van der Waals surface area contributed by atoms with E-state index >= 15 is 0 Å². The number of fused-ring (bicyclic) bond motifs is 1. The van der Waals surface area contributed by atoms with Gasteiger partial charge in [-0.2, -0.15) is 0 Å². The van der Waals surface area contributed by atoms with Crippen molar-refractivity contribution in [3.8, 4) is 11.1 Å². The third kappa shape index (κ3) is 3.61. The SMILES string of the molecule is O=C(Cc1c[nH]c2ncc(-c3cccnc3)cc12)N1CCN(c2ccccn2)CC1. The first-order chi connectivity index (χ1) is 14.8. The van der Waals surface area contributed by atoms with Crippen LogP contribution in [0.25, 0.3) is 22.2 Å². The van der Waals surface area contributed by atoms with Gasteiger partial charge in [-0.1, -0.05) is 12.1 Å². The molecule has 0 atom stereocenters. The van der Waals surface area contributed by atoms with Gasteiger partial charge in [0.25, 0.3) is 0 Å². The van der Waals surface area contributed by atoms with Crippen molar-refractivity contribution in [2.24, 2.45) is 0 Å². The molecule has 1 fully saturated rings. The summed E-state index contributed by atoms with van der Waals surface area (Å²) < 4.78 is 0. The minimum atomic E-state index is 0.142. The lowest BCUT2D eigenvalue weighted by atomic mass is 10.1. The van der Waals surface area contributed by atoms with Gasteiger partial charge in [0.2, 0.25) is 5.91 Å². The molecule has 1 amide bonds. The summed E-state index contributed by atoms with van der Waals surface area (Å²) in [5.41, 5.74) is 3.77. The number of hydrogen-bond donors (Lipinski definition) is 1. The molecule has 0 saturated carbocycles. The first-order valence-corrected chi connectivity index (χ1v) is 10.1. The van der Waals surface area contributed by atoms with E-state index in [4.69, 9.17) is 0 Å². The monoisotopic (exact) mass is 398 g/mol. The van der Waals surface area contributed by atoms with Gasteiger partial charge in [-0.05, 0) is 29.8 Å². The van der Waals surface area contributed by atoms with E-state index in [1.54, 1.807) is 12.4 Å². The van der Waals surface area contributed by atoms with Gasteiger partial charge in [-0.15, -0.1) is 0 Å². The summed E-state index contributed by atoms with van der Waals surface area (Å²) in [5.74, 6) is 1.11. The molecule has 0 spiro atoms. The van der Waals surface area contributed by atoms with Gasteiger partial charge >= 0.3 is 0 Å². The molecule has 30 heavy (non-hydrogen) atoms. The number of rotatable bonds is 4. The van der Waals surface area contributed by atoms with Crippen molar-refractivity contribution in [2.75, 3.05) is 31.1 Å². The van der Waals surface area contributed by atoms with Crippen molar-refractivity contribution >= 4 is 22.8 Å². The van der Waals surface area contributed by atoms with Crippen LogP contribution in [0.1, 0.15) is 5.56 Å². The highest BCUT2D eigenvalue weighted by Crippen LogP contribution is 2.25. The van der Waals surface area contributed by atoms with E-state index in [-0.39, 0.29) is 5.91 Å². The Hall–Kier alpha value is -3.74. The predicted octanol–water partition coefficient (Wildman–Crippen LogP) is 2.91. The van der Waals surface area contributed by atoms with Gasteiger partial charge in [0.15, 0.2) is 0 Å². The molecule has 0 aromatic carbocycles. The van der Waals surface area contributed by atoms with Crippen LogP contribution >= 0.6 is 0 Å². The number of hydrogen-bond acceptors (Lipinski definition) is 5. The summed E-state index contributed by atoms with van der Waals surface area (Å²) in [4.78, 5) is 33.4. The lowest BCUT2D eigenvalue weighted by Gasteiger charge is -2.35. The molecule has 1 aliphatic heterocycles. The van der Waals surface area contributed by atoms with Crippen LogP contribution in [0.3, 0.4) is 0 Å². The topological polar surface area (TPSA) is 78.0 Å². The number of H-pyrrole nitrogens is 1. The number of pyridine rings is 3. The van der Waals surface area contributed by atoms with Crippen molar-refractivity contribution < 1.29 is 4.79 Å². The molecule has 0 bridgehead atoms. The second-order valence-corrected chi connectivity index (χ2v) is 7.41. The third-order valence-corrected chi connectivity index (χ3v) is 5.56. The van der Waals surface area contributed by atoms with Crippen LogP contribution < -0.4 is 4.90 Å². The van der Waals surface area contributed by atoms with E-state index in [1.807, 2.05) is 53.8 Å². The van der Waals surface area contributed by atoms with Crippen molar-refractivity contribution in [3.63, 3.8) is 0 Å². The lowest BCUT2D eigenvalue weighted by molar-refractivity contribution is -0.130. The lowest BCUT2D eigenvalue weighted by Crippen LogP contribution is -2.49. The van der Waals surface area contributed by atoms with Crippen LogP contribution in [0.2, 0.25) is 0 Å². The van der Waals surface area contributed by atoms with Crippen LogP contribution in [0.5, 0.6) is 0 Å². The first kappa shape index (κ1) is 18.3. The maximum Gasteiger partial charge on any atom is 0.227 e. The highest BCUT2D eigenvalue weighted by molar-refractivity contribution is 5.89. The quantitative estimate of drug-likeness (QED) is 0.572. The fourth-order valence-corrected chi connectivity index (χ4v) is 3.90. The van der Waals surface area contributed by atoms with Gasteiger partial charge < -0.3 is 14.8 Å². The molecule has 7 heteroatoms. The van der Waals surface area contributed by atoms with E-state index < -0.39 is 0 Å². The minimum absolute atomic E-state index is 0.142. The maximum absolute atomic E-state index is 13.0. The molecule has 5 heterocycles. The van der Waals surface area contributed by atoms with Crippen molar-refractivity contribution in [1.29, 1.82) is 0 Å². The minimum Gasteiger partial charge on any atom is -0.353 e. The Bertz CT molecular complexity index is 1150. The zero-order chi connectivity index (χ0) is 20.3. The summed E-state index contributed by atoms with van der Waals surface area (Å²) in [5, 5.41) is 0.983. The second kappa shape index (κ2) is 7.94. The van der Waals surface area contributed by atoms with Gasteiger partial charge in [-0.25, -0.2) is 9.97 Å². The van der Waals surface area contributed by atoms with Crippen LogP contribution in [0.15, 0.2) is 67.4 Å². The van der Waals surface area contributed by atoms with E-state index in [2.05, 4.69) is 30.9 Å². The molecule has 1 aliphatic rings. The average molecular weight is 398 g/mol. The van der Waals surface area contributed by atoms with Gasteiger partial charge in [-0.3, -0.25) is 9.78 Å². The van der Waals surface area contributed by atoms with Crippen LogP contribution in [0.4, 0.5) is 5.82 Å². The van der Waals surface area contributed by atoms with Crippen LogP contribution in [0, 0.1) is 0 Å². The molecule has 0 unspecified atom stereocenters. The molecule has 0 radical (unpaired) electrons. The third-order valence-electron chi connectivity index (χ3n) is 5.56. The van der Waals surface area contributed by atoms with Crippen LogP contribution in [-0.4, -0.2) is 56.9 Å². The summed E-state index contributed by atoms with van der Waals surface area (Å²) in [6.45, 7) is 3.00. The molecule has 7 nitrogen and oxygen atoms in total. The summed E-state index contributed by atoms with van der Waals surface area (Å²) >= 11 is 0. The number of nitrogens with one attached hydrogen (secondary N) is 1. The number of aromatic amines is 1. The van der Waals surface area contributed by atoms with Crippen molar-refractivity contribution in [2.45, 2.75) is 6.42 Å². The van der Waals surface area contributed by atoms with E-state index in [0.29, 0.717) is 19.5 Å². The number of anilines is 1. The zero-order valence-electron chi connectivity index (χ0n) is 16.5. The Balaban J connectivity index is 1.29. The van der Waals surface area contributed by atoms with Gasteiger partial charge in [0.1, 0.15) is 11.5 Å². The van der Waals surface area contributed by atoms with E-state index in [0.717, 1.165) is 46.6 Å². The fraction of sp³-hybridized carbons (Fsp3) is 0.217. The standard InChI is InChI=1S/C23H22N6O/c30-22(29-10-8-28(9-11-29)21-5-1-2-7-25-21)13-19-16-27-23-20(19)12-18(15-26-23)17-4-3-6-24-14-17/h1-7,12,14-16H,8-11,13H2,(H,26,27). The van der Waals surface area contributed by atoms with Crippen molar-refractivity contribution in [1.82, 2.24) is 24.8 Å². The molecule has 1 N–H and O–H groups in total. The summed E-state index contributed by atoms with van der Waals surface area (Å²) in [7, 11) is 0. The van der Waals surface area contributed by atoms with E-state index in [9.17, 15) is 4.79 Å². The highest BCUT2D eigenvalue weighted by Gasteiger charge is 2.22. The Morgan fingerprint density at radius 2 is 1.87 bits per heavy atom. The Labute approximate surface area is 174 Å². The Kier molecular flexibility index (Phi) is 4.85. The van der Waals surface area contributed by atoms with E-state index in [1.165, 1.54) is 0 Å².